The first-order chi connectivity index (χ1) is 13.1. The lowest BCUT2D eigenvalue weighted by Gasteiger charge is -2.19. The van der Waals surface area contributed by atoms with Crippen molar-refractivity contribution in [2.24, 2.45) is 0 Å². The van der Waals surface area contributed by atoms with Crippen molar-refractivity contribution < 1.29 is 22.8 Å². The van der Waals surface area contributed by atoms with Gasteiger partial charge in [0.1, 0.15) is 5.54 Å². The molecule has 1 saturated carbocycles. The normalized spacial score (nSPS) is 25.6. The average molecular weight is 407 g/mol. The van der Waals surface area contributed by atoms with E-state index in [9.17, 15) is 22.8 Å². The van der Waals surface area contributed by atoms with Crippen LogP contribution < -0.4 is 5.32 Å². The molecule has 9 heteroatoms. The van der Waals surface area contributed by atoms with Crippen LogP contribution in [0.5, 0.6) is 0 Å². The lowest BCUT2D eigenvalue weighted by molar-refractivity contribution is -0.130. The Hall–Kier alpha value is -2.16. The molecule has 1 aliphatic carbocycles. The molecule has 1 aromatic heterocycles. The predicted molar refractivity (Wildman–Crippen MR) is 102 cm³/mol. The number of imide groups is 1. The summed E-state index contributed by atoms with van der Waals surface area (Å²) < 4.78 is 25.6. The molecule has 0 unspecified atom stereocenters. The van der Waals surface area contributed by atoms with Gasteiger partial charge in [0.2, 0.25) is 0 Å². The van der Waals surface area contributed by atoms with Gasteiger partial charge in [-0.25, -0.2) is 13.2 Å². The number of rotatable bonds is 4. The number of carbonyl (C=O) groups is 3. The lowest BCUT2D eigenvalue weighted by Crippen LogP contribution is -2.44. The van der Waals surface area contributed by atoms with E-state index >= 15 is 0 Å². The number of hydrogen-bond acceptors (Lipinski definition) is 5. The van der Waals surface area contributed by atoms with Crippen molar-refractivity contribution >= 4 is 27.6 Å². The van der Waals surface area contributed by atoms with Crippen molar-refractivity contribution in [1.29, 1.82) is 0 Å². The summed E-state index contributed by atoms with van der Waals surface area (Å²) in [5.41, 5.74) is 1.11. The molecule has 3 heterocycles. The zero-order chi connectivity index (χ0) is 20.3. The van der Waals surface area contributed by atoms with Gasteiger partial charge in [-0.3, -0.25) is 14.5 Å². The second-order valence-electron chi connectivity index (χ2n) is 8.25. The number of urea groups is 1. The highest BCUT2D eigenvalue weighted by atomic mass is 32.2. The molecule has 1 spiro atoms. The fraction of sp³-hybridized carbons (Fsp3) is 0.632. The van der Waals surface area contributed by atoms with E-state index in [0.29, 0.717) is 30.5 Å². The van der Waals surface area contributed by atoms with Crippen molar-refractivity contribution in [3.63, 3.8) is 0 Å². The largest absolute Gasteiger partial charge is 0.344 e. The minimum absolute atomic E-state index is 0.0759. The minimum atomic E-state index is -3.05. The number of sulfone groups is 1. The number of Topliss-reactive ketones (excluding diaryl/α,β-unsaturated/α-hetero) is 1. The van der Waals surface area contributed by atoms with E-state index < -0.39 is 21.4 Å². The van der Waals surface area contributed by atoms with Gasteiger partial charge in [0.15, 0.2) is 15.6 Å². The van der Waals surface area contributed by atoms with E-state index in [2.05, 4.69) is 5.32 Å². The zero-order valence-corrected chi connectivity index (χ0v) is 17.0. The Balaban J connectivity index is 1.55. The van der Waals surface area contributed by atoms with Gasteiger partial charge in [0.25, 0.3) is 5.91 Å². The number of amides is 3. The first-order valence-corrected chi connectivity index (χ1v) is 11.5. The smallest absolute Gasteiger partial charge is 0.325 e. The second kappa shape index (κ2) is 6.43. The third kappa shape index (κ3) is 2.96. The molecule has 1 aromatic rings. The van der Waals surface area contributed by atoms with Crippen molar-refractivity contribution in [1.82, 2.24) is 14.8 Å². The highest BCUT2D eigenvalue weighted by molar-refractivity contribution is 7.91. The summed E-state index contributed by atoms with van der Waals surface area (Å²) in [5.74, 6) is -0.382. The number of carbonyl (C=O) groups excluding carboxylic acids is 3. The molecule has 0 aromatic carbocycles. The van der Waals surface area contributed by atoms with Crippen LogP contribution in [0.2, 0.25) is 0 Å². The number of nitrogens with zero attached hydrogens (tertiary/aromatic N) is 2. The highest BCUT2D eigenvalue weighted by Gasteiger charge is 2.52. The molecule has 0 bridgehead atoms. The summed E-state index contributed by atoms with van der Waals surface area (Å²) in [6.45, 7) is 3.34. The number of ketones is 1. The number of nitrogens with one attached hydrogen (secondary N) is 1. The molecule has 28 heavy (non-hydrogen) atoms. The maximum atomic E-state index is 12.9. The molecule has 3 aliphatic rings. The summed E-state index contributed by atoms with van der Waals surface area (Å²) in [6, 6.07) is 1.05. The van der Waals surface area contributed by atoms with Gasteiger partial charge in [-0.05, 0) is 39.2 Å². The van der Waals surface area contributed by atoms with Crippen LogP contribution in [-0.4, -0.2) is 59.2 Å². The van der Waals surface area contributed by atoms with Crippen LogP contribution in [0.1, 0.15) is 59.9 Å². The third-order valence-electron chi connectivity index (χ3n) is 6.36. The summed E-state index contributed by atoms with van der Waals surface area (Å²) in [4.78, 5) is 39.0. The molecule has 152 valence electrons. The maximum Gasteiger partial charge on any atom is 0.325 e. The molecule has 1 atom stereocenters. The fourth-order valence-corrected chi connectivity index (χ4v) is 6.67. The van der Waals surface area contributed by atoms with Gasteiger partial charge >= 0.3 is 6.03 Å². The van der Waals surface area contributed by atoms with Gasteiger partial charge in [-0.2, -0.15) is 0 Å². The van der Waals surface area contributed by atoms with Crippen molar-refractivity contribution in [2.75, 3.05) is 18.1 Å². The standard InChI is InChI=1S/C19H25N3O5S/c1-12-9-15(13(2)22(12)14-5-8-28(26,27)11-14)16(23)10-21-17(24)19(20-18(21)25)6-3-4-7-19/h9,14H,3-8,10-11H2,1-2H3,(H,20,25)/t14-/m1/s1. The summed E-state index contributed by atoms with van der Waals surface area (Å²) >= 11 is 0. The third-order valence-corrected chi connectivity index (χ3v) is 8.11. The Morgan fingerprint density at radius 3 is 2.54 bits per heavy atom. The average Bonchev–Trinajstić information content (AvgIpc) is 3.34. The van der Waals surface area contributed by atoms with Gasteiger partial charge < -0.3 is 9.88 Å². The van der Waals surface area contributed by atoms with Crippen LogP contribution in [-0.2, 0) is 14.6 Å². The van der Waals surface area contributed by atoms with E-state index in [-0.39, 0.29) is 35.8 Å². The van der Waals surface area contributed by atoms with Crippen LogP contribution in [0.25, 0.3) is 0 Å². The highest BCUT2D eigenvalue weighted by Crippen LogP contribution is 2.35. The van der Waals surface area contributed by atoms with E-state index in [1.165, 1.54) is 0 Å². The SMILES string of the molecule is Cc1cc(C(=O)CN2C(=O)NC3(CCCC3)C2=O)c(C)n1[C@@H]1CCS(=O)(=O)C1. The number of aromatic nitrogens is 1. The summed E-state index contributed by atoms with van der Waals surface area (Å²) in [6.07, 6.45) is 3.54. The van der Waals surface area contributed by atoms with Crippen molar-refractivity contribution in [3.8, 4) is 0 Å². The van der Waals surface area contributed by atoms with E-state index in [0.717, 1.165) is 23.4 Å². The Morgan fingerprint density at radius 1 is 1.25 bits per heavy atom. The Bertz CT molecular complexity index is 972. The molecule has 4 rings (SSSR count). The molecule has 2 saturated heterocycles. The number of aryl methyl sites for hydroxylation is 1. The Kier molecular flexibility index (Phi) is 4.41. The fourth-order valence-electron chi connectivity index (χ4n) is 4.97. The van der Waals surface area contributed by atoms with Crippen LogP contribution in [0, 0.1) is 13.8 Å². The van der Waals surface area contributed by atoms with Gasteiger partial charge in [-0.1, -0.05) is 12.8 Å². The first-order valence-electron chi connectivity index (χ1n) is 9.70. The minimum Gasteiger partial charge on any atom is -0.344 e. The Labute approximate surface area is 164 Å². The van der Waals surface area contributed by atoms with Gasteiger partial charge in [0.05, 0.1) is 18.1 Å². The van der Waals surface area contributed by atoms with E-state index in [1.54, 1.807) is 13.0 Å². The molecule has 2 aliphatic heterocycles. The maximum absolute atomic E-state index is 12.9. The topological polar surface area (TPSA) is 106 Å². The lowest BCUT2D eigenvalue weighted by atomic mass is 9.98. The van der Waals surface area contributed by atoms with Crippen molar-refractivity contribution in [2.45, 2.75) is 57.5 Å². The predicted octanol–water partition coefficient (Wildman–Crippen LogP) is 1.51. The number of hydrogen-bond donors (Lipinski definition) is 1. The molecule has 1 N–H and O–H groups in total. The quantitative estimate of drug-likeness (QED) is 0.602. The van der Waals surface area contributed by atoms with Crippen LogP contribution >= 0.6 is 0 Å². The van der Waals surface area contributed by atoms with E-state index in [4.69, 9.17) is 0 Å². The Morgan fingerprint density at radius 2 is 1.93 bits per heavy atom. The van der Waals surface area contributed by atoms with Gasteiger partial charge in [-0.15, -0.1) is 0 Å². The second-order valence-corrected chi connectivity index (χ2v) is 10.5. The summed E-state index contributed by atoms with van der Waals surface area (Å²) in [7, 11) is -3.05. The molecule has 0 radical (unpaired) electrons. The zero-order valence-electron chi connectivity index (χ0n) is 16.2. The van der Waals surface area contributed by atoms with Crippen molar-refractivity contribution in [3.05, 3.63) is 23.0 Å². The monoisotopic (exact) mass is 407 g/mol. The van der Waals surface area contributed by atoms with E-state index in [1.807, 2.05) is 11.5 Å². The summed E-state index contributed by atoms with van der Waals surface area (Å²) in [5, 5.41) is 2.78. The van der Waals surface area contributed by atoms with Crippen LogP contribution in [0.15, 0.2) is 6.07 Å². The molecule has 3 amide bonds. The van der Waals surface area contributed by atoms with Gasteiger partial charge in [0, 0.05) is 23.0 Å². The molecule has 3 fully saturated rings. The first kappa shape index (κ1) is 19.2. The van der Waals surface area contributed by atoms with Crippen LogP contribution in [0.4, 0.5) is 4.79 Å². The molecule has 8 nitrogen and oxygen atoms in total. The van der Waals surface area contributed by atoms with Crippen LogP contribution in [0.3, 0.4) is 0 Å². The molecular formula is C19H25N3O5S. The molecular weight excluding hydrogens is 382 g/mol.